The van der Waals surface area contributed by atoms with E-state index in [1.807, 2.05) is 30.3 Å². The number of aliphatic imine (C=N–C) groups is 1. The zero-order chi connectivity index (χ0) is 27.5. The first-order chi connectivity index (χ1) is 18.8. The van der Waals surface area contributed by atoms with Crippen molar-refractivity contribution in [2.45, 2.75) is 6.61 Å². The molecule has 9 heteroatoms. The second-order valence-electron chi connectivity index (χ2n) is 8.68. The Morgan fingerprint density at radius 3 is 2.56 bits per heavy atom. The molecule has 1 saturated heterocycles. The van der Waals surface area contributed by atoms with E-state index in [0.29, 0.717) is 33.9 Å². The summed E-state index contributed by atoms with van der Waals surface area (Å²) in [6, 6.07) is 24.3. The highest BCUT2D eigenvalue weighted by molar-refractivity contribution is 14.1. The quantitative estimate of drug-likeness (QED) is 0.172. The van der Waals surface area contributed by atoms with Gasteiger partial charge in [0.05, 0.1) is 26.8 Å². The van der Waals surface area contributed by atoms with Crippen LogP contribution in [0.1, 0.15) is 21.5 Å². The summed E-state index contributed by atoms with van der Waals surface area (Å²) in [6.07, 6.45) is 1.80. The Bertz CT molecular complexity index is 1640. The third kappa shape index (κ3) is 5.79. The number of methoxy groups -OCH3 is 1. The molecule has 4 aromatic rings. The Labute approximate surface area is 243 Å². The van der Waals surface area contributed by atoms with Gasteiger partial charge in [0.2, 0.25) is 0 Å². The Balaban J connectivity index is 1.37. The molecule has 1 heterocycles. The van der Waals surface area contributed by atoms with Crippen LogP contribution in [0.25, 0.3) is 16.8 Å². The van der Waals surface area contributed by atoms with Crippen molar-refractivity contribution >= 4 is 73.9 Å². The molecule has 1 fully saturated rings. The van der Waals surface area contributed by atoms with Crippen LogP contribution in [0, 0.1) is 3.57 Å². The topological polar surface area (TPSA) is 88.4 Å². The molecule has 7 nitrogen and oxygen atoms in total. The summed E-state index contributed by atoms with van der Waals surface area (Å²) in [6.45, 7) is 0.389. The number of thioether (sulfide) groups is 1. The van der Waals surface area contributed by atoms with Gasteiger partial charge in [-0.2, -0.15) is 0 Å². The first-order valence-electron chi connectivity index (χ1n) is 11.9. The molecular weight excluding hydrogens is 627 g/mol. The van der Waals surface area contributed by atoms with Crippen molar-refractivity contribution in [2.75, 3.05) is 14.2 Å². The van der Waals surface area contributed by atoms with E-state index < -0.39 is 5.97 Å². The van der Waals surface area contributed by atoms with Gasteiger partial charge in [-0.15, -0.1) is 0 Å². The number of amidine groups is 1. The Morgan fingerprint density at radius 1 is 1.08 bits per heavy atom. The van der Waals surface area contributed by atoms with Crippen LogP contribution in [-0.4, -0.2) is 41.2 Å². The molecule has 0 atom stereocenters. The molecule has 4 aromatic carbocycles. The molecule has 1 aliphatic heterocycles. The summed E-state index contributed by atoms with van der Waals surface area (Å²) in [4.78, 5) is 30.6. The number of hydrogen-bond donors (Lipinski definition) is 1. The van der Waals surface area contributed by atoms with Crippen LogP contribution in [-0.2, 0) is 11.4 Å². The fourth-order valence-corrected chi connectivity index (χ4v) is 5.89. The average molecular weight is 650 g/mol. The van der Waals surface area contributed by atoms with Gasteiger partial charge < -0.3 is 14.6 Å². The van der Waals surface area contributed by atoms with E-state index in [0.717, 1.165) is 25.5 Å². The number of likely N-dealkylation sites (N-methyl/N-ethyl adjacent to an activating group) is 1. The van der Waals surface area contributed by atoms with Crippen LogP contribution in [0.15, 0.2) is 88.8 Å². The number of carbonyl (C=O) groups is 2. The maximum Gasteiger partial charge on any atom is 0.335 e. The zero-order valence-corrected chi connectivity index (χ0v) is 24.0. The molecule has 0 unspecified atom stereocenters. The molecule has 196 valence electrons. The van der Waals surface area contributed by atoms with Gasteiger partial charge in [0.15, 0.2) is 16.7 Å². The van der Waals surface area contributed by atoms with Crippen molar-refractivity contribution in [1.82, 2.24) is 4.90 Å². The van der Waals surface area contributed by atoms with E-state index in [4.69, 9.17) is 14.6 Å². The number of rotatable bonds is 7. The van der Waals surface area contributed by atoms with Gasteiger partial charge in [-0.25, -0.2) is 9.79 Å². The average Bonchev–Trinajstić information content (AvgIpc) is 3.19. The predicted molar refractivity (Wildman–Crippen MR) is 163 cm³/mol. The van der Waals surface area contributed by atoms with E-state index in [1.54, 1.807) is 32.4 Å². The van der Waals surface area contributed by atoms with Crippen LogP contribution < -0.4 is 9.47 Å². The Morgan fingerprint density at radius 2 is 1.82 bits per heavy atom. The number of carboxylic acids is 1. The molecule has 0 radical (unpaired) electrons. The highest BCUT2D eigenvalue weighted by atomic mass is 127. The Hall–Kier alpha value is -3.83. The summed E-state index contributed by atoms with van der Waals surface area (Å²) in [5.41, 5.74) is 2.62. The molecule has 0 aromatic heterocycles. The van der Waals surface area contributed by atoms with Crippen LogP contribution in [0.2, 0.25) is 0 Å². The maximum absolute atomic E-state index is 12.9. The van der Waals surface area contributed by atoms with E-state index in [9.17, 15) is 9.59 Å². The van der Waals surface area contributed by atoms with Crippen molar-refractivity contribution in [2.24, 2.45) is 4.99 Å². The summed E-state index contributed by atoms with van der Waals surface area (Å²) < 4.78 is 12.7. The molecule has 0 aliphatic carbocycles. The highest BCUT2D eigenvalue weighted by Crippen LogP contribution is 2.38. The molecule has 1 N–H and O–H groups in total. The second-order valence-corrected chi connectivity index (χ2v) is 10.9. The second kappa shape index (κ2) is 11.5. The molecule has 0 saturated carbocycles. The lowest BCUT2D eigenvalue weighted by Gasteiger charge is -2.15. The largest absolute Gasteiger partial charge is 0.493 e. The number of nitrogens with zero attached hydrogens (tertiary/aromatic N) is 2. The van der Waals surface area contributed by atoms with Gasteiger partial charge in [-0.1, -0.05) is 42.5 Å². The number of carbonyl (C=O) groups excluding carboxylic acids is 1. The van der Waals surface area contributed by atoms with Crippen molar-refractivity contribution in [3.63, 3.8) is 0 Å². The van der Waals surface area contributed by atoms with E-state index in [2.05, 4.69) is 51.8 Å². The minimum Gasteiger partial charge on any atom is -0.493 e. The molecule has 0 bridgehead atoms. The SMILES string of the molecule is COc1cc(/C=C2\SC(=Nc3ccc(C(=O)O)cc3)N(C)C2=O)cc(I)c1OCc1cccc2ccccc12. The van der Waals surface area contributed by atoms with E-state index >= 15 is 0 Å². The third-order valence-electron chi connectivity index (χ3n) is 6.14. The van der Waals surface area contributed by atoms with Crippen LogP contribution in [0.3, 0.4) is 0 Å². The molecule has 1 aliphatic rings. The predicted octanol–water partition coefficient (Wildman–Crippen LogP) is 6.96. The fourth-order valence-electron chi connectivity index (χ4n) is 4.12. The van der Waals surface area contributed by atoms with Gasteiger partial charge >= 0.3 is 5.97 Å². The first-order valence-corrected chi connectivity index (χ1v) is 13.8. The van der Waals surface area contributed by atoms with Crippen molar-refractivity contribution < 1.29 is 24.2 Å². The van der Waals surface area contributed by atoms with Gasteiger partial charge in [0, 0.05) is 7.05 Å². The number of aromatic carboxylic acids is 1. The standard InChI is InChI=1S/C30H23IN2O5S/c1-33-28(34)26(39-30(33)32-22-12-10-20(11-13-22)29(35)36)16-18-14-24(31)27(25(15-18)37-2)38-17-21-8-5-7-19-6-3-4-9-23(19)21/h3-16H,17H2,1-2H3,(H,35,36)/b26-16-,32-30?. The highest BCUT2D eigenvalue weighted by Gasteiger charge is 2.30. The zero-order valence-electron chi connectivity index (χ0n) is 21.1. The number of hydrogen-bond acceptors (Lipinski definition) is 6. The van der Waals surface area contributed by atoms with Crippen molar-refractivity contribution in [3.8, 4) is 11.5 Å². The lowest BCUT2D eigenvalue weighted by Crippen LogP contribution is -2.23. The van der Waals surface area contributed by atoms with Crippen LogP contribution >= 0.6 is 34.4 Å². The van der Waals surface area contributed by atoms with Gasteiger partial charge in [-0.3, -0.25) is 9.69 Å². The number of benzene rings is 4. The normalized spacial score (nSPS) is 15.4. The summed E-state index contributed by atoms with van der Waals surface area (Å²) in [7, 11) is 3.26. The lowest BCUT2D eigenvalue weighted by molar-refractivity contribution is -0.121. The smallest absolute Gasteiger partial charge is 0.335 e. The lowest BCUT2D eigenvalue weighted by atomic mass is 10.1. The van der Waals surface area contributed by atoms with Crippen LogP contribution in [0.5, 0.6) is 11.5 Å². The molecular formula is C30H23IN2O5S. The van der Waals surface area contributed by atoms with E-state index in [-0.39, 0.29) is 11.5 Å². The number of carboxylic acid groups (broad SMARTS) is 1. The summed E-state index contributed by atoms with van der Waals surface area (Å²) >= 11 is 3.47. The minimum atomic E-state index is -1.00. The first kappa shape index (κ1) is 26.8. The molecule has 0 spiro atoms. The van der Waals surface area contributed by atoms with Crippen molar-refractivity contribution in [1.29, 1.82) is 0 Å². The minimum absolute atomic E-state index is 0.175. The monoisotopic (exact) mass is 650 g/mol. The van der Waals surface area contributed by atoms with E-state index in [1.165, 1.54) is 28.8 Å². The number of amides is 1. The van der Waals surface area contributed by atoms with Gasteiger partial charge in [-0.05, 0) is 98.7 Å². The summed E-state index contributed by atoms with van der Waals surface area (Å²) in [5, 5.41) is 11.9. The molecule has 1 amide bonds. The summed E-state index contributed by atoms with van der Waals surface area (Å²) in [5.74, 6) is 0.0381. The number of fused-ring (bicyclic) bond motifs is 1. The fraction of sp³-hybridized carbons (Fsp3) is 0.100. The molecule has 5 rings (SSSR count). The van der Waals surface area contributed by atoms with Gasteiger partial charge in [0.25, 0.3) is 5.91 Å². The maximum atomic E-state index is 12.9. The Kier molecular flexibility index (Phi) is 7.89. The number of halogens is 1. The van der Waals surface area contributed by atoms with Crippen molar-refractivity contribution in [3.05, 3.63) is 104 Å². The van der Waals surface area contributed by atoms with Crippen LogP contribution in [0.4, 0.5) is 5.69 Å². The number of ether oxygens (including phenoxy) is 2. The molecule has 39 heavy (non-hydrogen) atoms. The van der Waals surface area contributed by atoms with Gasteiger partial charge in [0.1, 0.15) is 6.61 Å². The third-order valence-corrected chi connectivity index (χ3v) is 8.01.